The van der Waals surface area contributed by atoms with Crippen molar-refractivity contribution in [3.05, 3.63) is 29.8 Å². The number of ether oxygens (including phenoxy) is 3. The molecule has 0 heterocycles. The monoisotopic (exact) mass is 351 g/mol. The number of benzene rings is 1. The minimum Gasteiger partial charge on any atom is -0.406 e. The van der Waals surface area contributed by atoms with Gasteiger partial charge in [0.25, 0.3) is 5.91 Å². The van der Waals surface area contributed by atoms with Crippen LogP contribution in [0, 0.1) is 0 Å². The molecule has 0 unspecified atom stereocenters. The Morgan fingerprint density at radius 2 is 1.83 bits per heavy atom. The highest BCUT2D eigenvalue weighted by molar-refractivity contribution is 5.94. The van der Waals surface area contributed by atoms with Crippen LogP contribution in [0.2, 0.25) is 0 Å². The summed E-state index contributed by atoms with van der Waals surface area (Å²) in [6.07, 6.45) is -5.68. The zero-order valence-corrected chi connectivity index (χ0v) is 13.1. The molecule has 1 aromatic rings. The predicted molar refractivity (Wildman–Crippen MR) is 78.8 cm³/mol. The van der Waals surface area contributed by atoms with Crippen LogP contribution in [0.4, 0.5) is 13.2 Å². The van der Waals surface area contributed by atoms with Crippen molar-refractivity contribution in [2.75, 3.05) is 33.0 Å². The Labute approximate surface area is 137 Å². The third-order valence-electron chi connectivity index (χ3n) is 2.73. The van der Waals surface area contributed by atoms with Gasteiger partial charge in [0.2, 0.25) is 0 Å². The third kappa shape index (κ3) is 8.70. The standard InChI is InChI=1S/C15H20F3NO5/c1-2-22-7-8-23-10-12(20)9-19-14(21)11-3-5-13(6-4-11)24-15(16,17)18/h3-6,12,20H,2,7-10H2,1H3,(H,19,21)/t12-/m0/s1. The molecule has 1 amide bonds. The summed E-state index contributed by atoms with van der Waals surface area (Å²) < 4.78 is 50.0. The number of alkyl halides is 3. The zero-order valence-electron chi connectivity index (χ0n) is 13.1. The van der Waals surface area contributed by atoms with Gasteiger partial charge >= 0.3 is 6.36 Å². The molecule has 136 valence electrons. The van der Waals surface area contributed by atoms with Gasteiger partial charge < -0.3 is 24.6 Å². The largest absolute Gasteiger partial charge is 0.573 e. The molecule has 0 spiro atoms. The summed E-state index contributed by atoms with van der Waals surface area (Å²) in [5.41, 5.74) is 0.147. The smallest absolute Gasteiger partial charge is 0.406 e. The number of amides is 1. The summed E-state index contributed by atoms with van der Waals surface area (Å²) in [5, 5.41) is 12.1. The van der Waals surface area contributed by atoms with Crippen LogP contribution in [0.5, 0.6) is 5.75 Å². The van der Waals surface area contributed by atoms with E-state index in [-0.39, 0.29) is 18.7 Å². The molecule has 1 rings (SSSR count). The van der Waals surface area contributed by atoms with Gasteiger partial charge in [-0.15, -0.1) is 13.2 Å². The molecule has 0 fully saturated rings. The molecule has 0 aliphatic heterocycles. The number of aliphatic hydroxyl groups is 1. The van der Waals surface area contributed by atoms with Gasteiger partial charge in [-0.05, 0) is 31.2 Å². The Morgan fingerprint density at radius 1 is 1.21 bits per heavy atom. The molecular formula is C15H20F3NO5. The highest BCUT2D eigenvalue weighted by atomic mass is 19.4. The summed E-state index contributed by atoms with van der Waals surface area (Å²) >= 11 is 0. The first kappa shape index (κ1) is 20.2. The van der Waals surface area contributed by atoms with E-state index in [4.69, 9.17) is 9.47 Å². The molecular weight excluding hydrogens is 331 g/mol. The van der Waals surface area contributed by atoms with Gasteiger partial charge in [0.05, 0.1) is 25.9 Å². The first-order valence-corrected chi connectivity index (χ1v) is 7.29. The van der Waals surface area contributed by atoms with Crippen LogP contribution in [0.1, 0.15) is 17.3 Å². The Bertz CT molecular complexity index is 493. The predicted octanol–water partition coefficient (Wildman–Crippen LogP) is 1.73. The lowest BCUT2D eigenvalue weighted by Crippen LogP contribution is -2.34. The fraction of sp³-hybridized carbons (Fsp3) is 0.533. The zero-order chi connectivity index (χ0) is 18.0. The second-order valence-corrected chi connectivity index (χ2v) is 4.71. The van der Waals surface area contributed by atoms with Crippen molar-refractivity contribution in [1.82, 2.24) is 5.32 Å². The van der Waals surface area contributed by atoms with E-state index in [2.05, 4.69) is 10.1 Å². The Balaban J connectivity index is 2.32. The maximum absolute atomic E-state index is 12.0. The van der Waals surface area contributed by atoms with Crippen molar-refractivity contribution in [2.45, 2.75) is 19.4 Å². The lowest BCUT2D eigenvalue weighted by molar-refractivity contribution is -0.274. The number of hydrogen-bond acceptors (Lipinski definition) is 5. The van der Waals surface area contributed by atoms with E-state index >= 15 is 0 Å². The Morgan fingerprint density at radius 3 is 2.42 bits per heavy atom. The fourth-order valence-electron chi connectivity index (χ4n) is 1.66. The van der Waals surface area contributed by atoms with Crippen LogP contribution in [0.25, 0.3) is 0 Å². The molecule has 0 saturated carbocycles. The SMILES string of the molecule is CCOCCOC[C@@H](O)CNC(=O)c1ccc(OC(F)(F)F)cc1. The van der Waals surface area contributed by atoms with Gasteiger partial charge in [-0.3, -0.25) is 4.79 Å². The van der Waals surface area contributed by atoms with Crippen LogP contribution in [0.15, 0.2) is 24.3 Å². The molecule has 0 aliphatic carbocycles. The number of carbonyl (C=O) groups is 1. The van der Waals surface area contributed by atoms with Crippen LogP contribution in [0.3, 0.4) is 0 Å². The fourth-order valence-corrected chi connectivity index (χ4v) is 1.66. The lowest BCUT2D eigenvalue weighted by Gasteiger charge is -2.13. The van der Waals surface area contributed by atoms with Crippen molar-refractivity contribution in [3.63, 3.8) is 0 Å². The van der Waals surface area contributed by atoms with Crippen molar-refractivity contribution in [3.8, 4) is 5.75 Å². The van der Waals surface area contributed by atoms with Gasteiger partial charge in [0, 0.05) is 18.7 Å². The highest BCUT2D eigenvalue weighted by Gasteiger charge is 2.31. The minimum absolute atomic E-state index is 0.0334. The van der Waals surface area contributed by atoms with Crippen molar-refractivity contribution < 1.29 is 37.3 Å². The van der Waals surface area contributed by atoms with E-state index in [9.17, 15) is 23.1 Å². The topological polar surface area (TPSA) is 77.0 Å². The van der Waals surface area contributed by atoms with Crippen molar-refractivity contribution in [1.29, 1.82) is 0 Å². The Kier molecular flexibility index (Phi) is 8.51. The van der Waals surface area contributed by atoms with Gasteiger partial charge in [0.1, 0.15) is 5.75 Å². The Hall–Kier alpha value is -1.84. The van der Waals surface area contributed by atoms with Gasteiger partial charge in [-0.25, -0.2) is 0 Å². The molecule has 9 heteroatoms. The quantitative estimate of drug-likeness (QED) is 0.628. The van der Waals surface area contributed by atoms with Crippen LogP contribution in [-0.2, 0) is 9.47 Å². The molecule has 2 N–H and O–H groups in total. The average molecular weight is 351 g/mol. The molecule has 24 heavy (non-hydrogen) atoms. The summed E-state index contributed by atoms with van der Waals surface area (Å²) in [6.45, 7) is 3.17. The first-order valence-electron chi connectivity index (χ1n) is 7.29. The van der Waals surface area contributed by atoms with E-state index in [1.807, 2.05) is 6.92 Å². The average Bonchev–Trinajstić information content (AvgIpc) is 2.51. The van der Waals surface area contributed by atoms with E-state index in [1.165, 1.54) is 12.1 Å². The summed E-state index contributed by atoms with van der Waals surface area (Å²) in [4.78, 5) is 11.8. The maximum atomic E-state index is 12.0. The molecule has 0 bridgehead atoms. The number of nitrogens with one attached hydrogen (secondary N) is 1. The number of carbonyl (C=O) groups excluding carboxylic acids is 1. The second kappa shape index (κ2) is 10.1. The summed E-state index contributed by atoms with van der Waals surface area (Å²) in [5.74, 6) is -0.941. The van der Waals surface area contributed by atoms with Crippen molar-refractivity contribution >= 4 is 5.91 Å². The van der Waals surface area contributed by atoms with E-state index in [1.54, 1.807) is 0 Å². The third-order valence-corrected chi connectivity index (χ3v) is 2.73. The minimum atomic E-state index is -4.78. The van der Waals surface area contributed by atoms with Gasteiger partial charge in [0.15, 0.2) is 0 Å². The molecule has 1 atom stereocenters. The molecule has 1 aromatic carbocycles. The first-order chi connectivity index (χ1) is 11.3. The van der Waals surface area contributed by atoms with Gasteiger partial charge in [-0.1, -0.05) is 0 Å². The van der Waals surface area contributed by atoms with Crippen molar-refractivity contribution in [2.24, 2.45) is 0 Å². The number of aliphatic hydroxyl groups excluding tert-OH is 1. The number of halogens is 3. The number of hydrogen-bond donors (Lipinski definition) is 2. The highest BCUT2D eigenvalue weighted by Crippen LogP contribution is 2.22. The van der Waals surface area contributed by atoms with Crippen LogP contribution >= 0.6 is 0 Å². The molecule has 0 aliphatic rings. The maximum Gasteiger partial charge on any atom is 0.573 e. The normalized spacial score (nSPS) is 12.7. The lowest BCUT2D eigenvalue weighted by atomic mass is 10.2. The molecule has 0 radical (unpaired) electrons. The van der Waals surface area contributed by atoms with E-state index in [0.717, 1.165) is 12.1 Å². The van der Waals surface area contributed by atoms with Gasteiger partial charge in [-0.2, -0.15) is 0 Å². The summed E-state index contributed by atoms with van der Waals surface area (Å²) in [6, 6.07) is 4.47. The molecule has 0 saturated heterocycles. The van der Waals surface area contributed by atoms with Crippen LogP contribution < -0.4 is 10.1 Å². The molecule has 0 aromatic heterocycles. The second-order valence-electron chi connectivity index (χ2n) is 4.71. The van der Waals surface area contributed by atoms with E-state index < -0.39 is 24.1 Å². The van der Waals surface area contributed by atoms with Crippen LogP contribution in [-0.4, -0.2) is 56.5 Å². The molecule has 6 nitrogen and oxygen atoms in total. The van der Waals surface area contributed by atoms with E-state index in [0.29, 0.717) is 19.8 Å². The number of rotatable bonds is 10. The summed E-state index contributed by atoms with van der Waals surface area (Å²) in [7, 11) is 0.